The summed E-state index contributed by atoms with van der Waals surface area (Å²) in [5, 5.41) is 0. The molecule has 2 aromatic carbocycles. The van der Waals surface area contributed by atoms with E-state index in [2.05, 4.69) is 25.8 Å². The zero-order valence-corrected chi connectivity index (χ0v) is 28.2. The number of Topliss-reactive ketones (excluding diaryl/α,β-unsaturated/α-hetero) is 1. The summed E-state index contributed by atoms with van der Waals surface area (Å²) in [4.78, 5) is 37.6. The highest BCUT2D eigenvalue weighted by Gasteiger charge is 2.56. The Morgan fingerprint density at radius 3 is 2.30 bits per heavy atom. The van der Waals surface area contributed by atoms with Gasteiger partial charge in [0.15, 0.2) is 0 Å². The molecule has 11 heteroatoms. The van der Waals surface area contributed by atoms with E-state index in [1.165, 1.54) is 19.2 Å². The molecular weight excluding hydrogens is 604 g/mol. The minimum absolute atomic E-state index is 0.0377. The number of aromatic nitrogens is 2. The van der Waals surface area contributed by atoms with Gasteiger partial charge in [0.05, 0.1) is 16.6 Å². The molecule has 2 heterocycles. The average molecular weight is 647 g/mol. The van der Waals surface area contributed by atoms with Crippen LogP contribution < -0.4 is 9.04 Å². The molecule has 0 radical (unpaired) electrons. The Kier molecular flexibility index (Phi) is 8.21. The lowest BCUT2D eigenvalue weighted by Crippen LogP contribution is -2.61. The lowest BCUT2D eigenvalue weighted by atomic mass is 9.53. The number of ketones is 1. The second-order valence-electron chi connectivity index (χ2n) is 14.4. The molecule has 0 saturated heterocycles. The maximum Gasteiger partial charge on any atom is 0.268 e. The number of sulfonamides is 1. The van der Waals surface area contributed by atoms with Crippen molar-refractivity contribution in [2.24, 2.45) is 10.8 Å². The highest BCUT2D eigenvalue weighted by atomic mass is 32.2. The molecule has 1 aromatic heterocycles. The third-order valence-corrected chi connectivity index (χ3v) is 11.0. The van der Waals surface area contributed by atoms with Crippen LogP contribution in [0.1, 0.15) is 74.4 Å². The molecule has 46 heavy (non-hydrogen) atoms. The van der Waals surface area contributed by atoms with Crippen molar-refractivity contribution >= 4 is 27.7 Å². The van der Waals surface area contributed by atoms with Crippen molar-refractivity contribution in [1.29, 1.82) is 0 Å². The number of fused-ring (bicyclic) bond motifs is 4. The van der Waals surface area contributed by atoms with E-state index in [0.717, 1.165) is 33.8 Å². The van der Waals surface area contributed by atoms with Crippen LogP contribution >= 0.6 is 0 Å². The number of carbonyl (C=O) groups is 2. The van der Waals surface area contributed by atoms with Crippen molar-refractivity contribution in [3.8, 4) is 17.1 Å². The van der Waals surface area contributed by atoms with Crippen LogP contribution in [0.15, 0.2) is 53.4 Å². The predicted molar refractivity (Wildman–Crippen MR) is 174 cm³/mol. The smallest absolute Gasteiger partial charge is 0.268 e. The number of hydrogen-bond donors (Lipinski definition) is 0. The summed E-state index contributed by atoms with van der Waals surface area (Å²) in [6, 6.07) is 13.3. The quantitative estimate of drug-likeness (QED) is 0.346. The van der Waals surface area contributed by atoms with Crippen molar-refractivity contribution in [1.82, 2.24) is 14.9 Å². The molecule has 1 atom stereocenters. The van der Waals surface area contributed by atoms with E-state index >= 15 is 0 Å². The molecule has 3 aliphatic rings. The molecular formula is C35H42N4O6S. The average Bonchev–Trinajstić information content (AvgIpc) is 2.95. The van der Waals surface area contributed by atoms with Gasteiger partial charge in [-0.05, 0) is 73.3 Å². The van der Waals surface area contributed by atoms with Crippen LogP contribution in [0.3, 0.4) is 0 Å². The number of hydrogen-bond acceptors (Lipinski definition) is 8. The van der Waals surface area contributed by atoms with E-state index in [-0.39, 0.29) is 70.2 Å². The zero-order valence-electron chi connectivity index (χ0n) is 27.4. The van der Waals surface area contributed by atoms with Gasteiger partial charge < -0.3 is 14.4 Å². The van der Waals surface area contributed by atoms with Crippen LogP contribution in [0, 0.1) is 24.7 Å². The van der Waals surface area contributed by atoms with Gasteiger partial charge in [-0.2, -0.15) is 4.98 Å². The molecule has 1 amide bonds. The lowest BCUT2D eigenvalue weighted by molar-refractivity contribution is -0.143. The SMILES string of the molecule is COCN1c2nc(cc(-c3c(C)cccc3C)n2)OC[C@@H](CC(C)(C)C)N(C2CC3(CC(=O)C3)C2)C(=O)c2cccc(c2)S1(=O)=O. The van der Waals surface area contributed by atoms with Crippen LogP contribution in [-0.2, 0) is 19.6 Å². The maximum absolute atomic E-state index is 14.5. The van der Waals surface area contributed by atoms with Gasteiger partial charge in [0, 0.05) is 43.2 Å². The zero-order chi connectivity index (χ0) is 33.0. The normalized spacial score (nSPS) is 21.0. The Hall–Kier alpha value is -3.83. The third kappa shape index (κ3) is 6.02. The predicted octanol–water partition coefficient (Wildman–Crippen LogP) is 5.71. The number of rotatable bonds is 5. The highest BCUT2D eigenvalue weighted by molar-refractivity contribution is 7.92. The number of anilines is 1. The molecule has 1 spiro atoms. The second-order valence-corrected chi connectivity index (χ2v) is 16.2. The molecule has 244 valence electrons. The van der Waals surface area contributed by atoms with Crippen LogP contribution in [0.4, 0.5) is 5.95 Å². The molecule has 4 bridgehead atoms. The highest BCUT2D eigenvalue weighted by Crippen LogP contribution is 2.56. The Bertz CT molecular complexity index is 1760. The molecule has 6 rings (SSSR count). The van der Waals surface area contributed by atoms with Crippen molar-refractivity contribution in [3.05, 3.63) is 65.2 Å². The molecule has 2 fully saturated rings. The molecule has 3 aromatic rings. The second kappa shape index (κ2) is 11.8. The Morgan fingerprint density at radius 1 is 1.00 bits per heavy atom. The number of aryl methyl sites for hydroxylation is 2. The number of nitrogens with zero attached hydrogens (tertiary/aromatic N) is 4. The Labute approximate surface area is 271 Å². The number of methoxy groups -OCH3 is 1. The number of amides is 1. The summed E-state index contributed by atoms with van der Waals surface area (Å²) in [5.74, 6) is 0.118. The minimum Gasteiger partial charge on any atom is -0.475 e. The van der Waals surface area contributed by atoms with Gasteiger partial charge in [0.2, 0.25) is 11.8 Å². The van der Waals surface area contributed by atoms with Crippen molar-refractivity contribution < 1.29 is 27.5 Å². The van der Waals surface area contributed by atoms with E-state index in [1.54, 1.807) is 18.2 Å². The van der Waals surface area contributed by atoms with E-state index < -0.39 is 10.0 Å². The minimum atomic E-state index is -4.28. The molecule has 2 aliphatic carbocycles. The summed E-state index contributed by atoms with van der Waals surface area (Å²) in [5.41, 5.74) is 3.39. The van der Waals surface area contributed by atoms with Crippen molar-refractivity contribution in [2.75, 3.05) is 24.8 Å². The largest absolute Gasteiger partial charge is 0.475 e. The maximum atomic E-state index is 14.5. The molecule has 10 nitrogen and oxygen atoms in total. The first-order chi connectivity index (χ1) is 21.7. The van der Waals surface area contributed by atoms with Gasteiger partial charge in [-0.25, -0.2) is 17.7 Å². The number of ether oxygens (including phenoxy) is 2. The van der Waals surface area contributed by atoms with Gasteiger partial charge in [0.1, 0.15) is 19.1 Å². The van der Waals surface area contributed by atoms with Crippen LogP contribution in [-0.4, -0.2) is 67.5 Å². The first kappa shape index (κ1) is 32.1. The van der Waals surface area contributed by atoms with Crippen molar-refractivity contribution in [2.45, 2.75) is 83.7 Å². The summed E-state index contributed by atoms with van der Waals surface area (Å²) in [6.07, 6.45) is 3.22. The molecule has 2 saturated carbocycles. The number of benzene rings is 2. The van der Waals surface area contributed by atoms with Crippen LogP contribution in [0.2, 0.25) is 0 Å². The van der Waals surface area contributed by atoms with Gasteiger partial charge in [-0.3, -0.25) is 9.59 Å². The van der Waals surface area contributed by atoms with Gasteiger partial charge >= 0.3 is 0 Å². The first-order valence-corrected chi connectivity index (χ1v) is 17.2. The number of carbonyl (C=O) groups excluding carboxylic acids is 2. The van der Waals surface area contributed by atoms with E-state index in [9.17, 15) is 18.0 Å². The van der Waals surface area contributed by atoms with E-state index in [4.69, 9.17) is 14.5 Å². The lowest BCUT2D eigenvalue weighted by Gasteiger charge is -2.57. The fraction of sp³-hybridized carbons (Fsp3) is 0.486. The topological polar surface area (TPSA) is 119 Å². The molecule has 0 N–H and O–H groups in total. The van der Waals surface area contributed by atoms with Crippen LogP contribution in [0.5, 0.6) is 5.88 Å². The summed E-state index contributed by atoms with van der Waals surface area (Å²) >= 11 is 0. The Morgan fingerprint density at radius 2 is 1.67 bits per heavy atom. The first-order valence-electron chi connectivity index (χ1n) is 15.7. The van der Waals surface area contributed by atoms with Gasteiger partial charge in [0.25, 0.3) is 15.9 Å². The monoisotopic (exact) mass is 646 g/mol. The summed E-state index contributed by atoms with van der Waals surface area (Å²) < 4.78 is 41.3. The van der Waals surface area contributed by atoms with Crippen LogP contribution in [0.25, 0.3) is 11.3 Å². The third-order valence-electron chi connectivity index (χ3n) is 9.34. The molecule has 0 unspecified atom stereocenters. The Balaban J connectivity index is 1.52. The van der Waals surface area contributed by atoms with Gasteiger partial charge in [-0.15, -0.1) is 0 Å². The summed E-state index contributed by atoms with van der Waals surface area (Å²) in [6.45, 7) is 10.1. The van der Waals surface area contributed by atoms with Crippen molar-refractivity contribution in [3.63, 3.8) is 0 Å². The van der Waals surface area contributed by atoms with E-state index in [0.29, 0.717) is 25.0 Å². The van der Waals surface area contributed by atoms with Gasteiger partial charge in [-0.1, -0.05) is 45.0 Å². The summed E-state index contributed by atoms with van der Waals surface area (Å²) in [7, 11) is -2.87. The van der Waals surface area contributed by atoms with E-state index in [1.807, 2.05) is 36.9 Å². The standard InChI is InChI=1S/C35H42N4O6S/c1-22-9-7-10-23(2)31(22)29-14-30-37-33(36-29)38(21-44-6)46(42,43)28-12-8-11-24(13-28)32(41)39(26(20-45-30)15-34(3,4)5)25-16-35(17-25)18-27(40)19-35/h7-14,25-26H,15-21H2,1-6H3/t26-/m1/s1. The fourth-order valence-corrected chi connectivity index (χ4v) is 8.65. The molecule has 1 aliphatic heterocycles. The fourth-order valence-electron chi connectivity index (χ4n) is 7.33.